The van der Waals surface area contributed by atoms with Crippen molar-refractivity contribution in [3.05, 3.63) is 36.2 Å². The summed E-state index contributed by atoms with van der Waals surface area (Å²) in [7, 11) is 5.96. The van der Waals surface area contributed by atoms with E-state index in [9.17, 15) is 0 Å². The van der Waals surface area contributed by atoms with Crippen molar-refractivity contribution < 1.29 is 0 Å². The van der Waals surface area contributed by atoms with Crippen LogP contribution >= 0.6 is 0 Å². The molecule has 20 heavy (non-hydrogen) atoms. The van der Waals surface area contributed by atoms with Crippen LogP contribution in [0.25, 0.3) is 11.3 Å². The summed E-state index contributed by atoms with van der Waals surface area (Å²) in [5.41, 5.74) is 3.25. The molecule has 0 amide bonds. The third-order valence-corrected chi connectivity index (χ3v) is 3.20. The first-order chi connectivity index (χ1) is 9.51. The highest BCUT2D eigenvalue weighted by Gasteiger charge is 2.09. The topological polar surface area (TPSA) is 41.0 Å². The van der Waals surface area contributed by atoms with Crippen LogP contribution in [0.2, 0.25) is 0 Å². The van der Waals surface area contributed by atoms with E-state index in [1.807, 2.05) is 27.2 Å². The highest BCUT2D eigenvalue weighted by molar-refractivity contribution is 5.65. The molecule has 1 aromatic carbocycles. The minimum atomic E-state index is 0.308. The van der Waals surface area contributed by atoms with Gasteiger partial charge in [0, 0.05) is 44.4 Å². The molecule has 0 saturated heterocycles. The van der Waals surface area contributed by atoms with Crippen molar-refractivity contribution in [1.29, 1.82) is 0 Å². The Hall–Kier alpha value is -2.10. The van der Waals surface area contributed by atoms with Crippen molar-refractivity contribution in [1.82, 2.24) is 9.97 Å². The van der Waals surface area contributed by atoms with Gasteiger partial charge in [-0.15, -0.1) is 0 Å². The molecule has 106 valence electrons. The van der Waals surface area contributed by atoms with E-state index in [1.54, 1.807) is 0 Å². The van der Waals surface area contributed by atoms with Gasteiger partial charge < -0.3 is 10.2 Å². The largest absolute Gasteiger partial charge is 0.378 e. The summed E-state index contributed by atoms with van der Waals surface area (Å²) < 4.78 is 0. The first-order valence-electron chi connectivity index (χ1n) is 6.85. The van der Waals surface area contributed by atoms with Gasteiger partial charge in [-0.2, -0.15) is 0 Å². The van der Waals surface area contributed by atoms with Crippen LogP contribution in [-0.4, -0.2) is 31.1 Å². The molecule has 0 fully saturated rings. The predicted molar refractivity (Wildman–Crippen MR) is 85.4 cm³/mol. The molecule has 4 nitrogen and oxygen atoms in total. The van der Waals surface area contributed by atoms with Crippen LogP contribution in [0.4, 0.5) is 11.5 Å². The van der Waals surface area contributed by atoms with E-state index in [2.05, 4.69) is 58.3 Å². The van der Waals surface area contributed by atoms with E-state index in [0.717, 1.165) is 22.9 Å². The zero-order valence-electron chi connectivity index (χ0n) is 12.8. The molecule has 0 aliphatic carbocycles. The number of rotatable bonds is 4. The second kappa shape index (κ2) is 5.90. The molecule has 1 heterocycles. The molecule has 0 bridgehead atoms. The molecule has 0 aliphatic rings. The van der Waals surface area contributed by atoms with Crippen LogP contribution in [0.1, 0.15) is 25.6 Å². The normalized spacial score (nSPS) is 10.7. The van der Waals surface area contributed by atoms with Crippen molar-refractivity contribution in [2.45, 2.75) is 19.8 Å². The van der Waals surface area contributed by atoms with Gasteiger partial charge >= 0.3 is 0 Å². The van der Waals surface area contributed by atoms with Gasteiger partial charge in [-0.05, 0) is 12.1 Å². The van der Waals surface area contributed by atoms with Crippen molar-refractivity contribution in [2.24, 2.45) is 0 Å². The van der Waals surface area contributed by atoms with Gasteiger partial charge in [0.1, 0.15) is 11.6 Å². The Morgan fingerprint density at radius 2 is 1.70 bits per heavy atom. The maximum atomic E-state index is 4.66. The van der Waals surface area contributed by atoms with Gasteiger partial charge in [0.2, 0.25) is 0 Å². The summed E-state index contributed by atoms with van der Waals surface area (Å²) in [6.07, 6.45) is 0. The molecule has 0 atom stereocenters. The second-order valence-corrected chi connectivity index (χ2v) is 5.34. The van der Waals surface area contributed by atoms with E-state index >= 15 is 0 Å². The Kier molecular flexibility index (Phi) is 4.23. The molecule has 0 saturated carbocycles. The van der Waals surface area contributed by atoms with Crippen molar-refractivity contribution >= 4 is 11.5 Å². The minimum absolute atomic E-state index is 0.308. The van der Waals surface area contributed by atoms with Crippen LogP contribution in [0.3, 0.4) is 0 Å². The molecule has 0 radical (unpaired) electrons. The Labute approximate surface area is 120 Å². The summed E-state index contributed by atoms with van der Waals surface area (Å²) in [6, 6.07) is 10.4. The standard InChI is InChI=1S/C16H22N4/c1-11(2)16-18-14(10-15(17-3)19-16)12-6-8-13(9-7-12)20(4)5/h6-11H,1-5H3,(H,17,18,19). The molecule has 0 unspecified atom stereocenters. The quantitative estimate of drug-likeness (QED) is 0.924. The number of hydrogen-bond donors (Lipinski definition) is 1. The fourth-order valence-electron chi connectivity index (χ4n) is 1.93. The highest BCUT2D eigenvalue weighted by atomic mass is 15.1. The summed E-state index contributed by atoms with van der Waals surface area (Å²) >= 11 is 0. The summed E-state index contributed by atoms with van der Waals surface area (Å²) in [5, 5.41) is 3.10. The molecular formula is C16H22N4. The molecule has 2 rings (SSSR count). The number of benzene rings is 1. The third kappa shape index (κ3) is 3.07. The van der Waals surface area contributed by atoms with Crippen LogP contribution in [0.5, 0.6) is 0 Å². The molecule has 0 spiro atoms. The molecule has 4 heteroatoms. The number of hydrogen-bond acceptors (Lipinski definition) is 4. The lowest BCUT2D eigenvalue weighted by atomic mass is 10.1. The lowest BCUT2D eigenvalue weighted by Gasteiger charge is -2.13. The van der Waals surface area contributed by atoms with Crippen molar-refractivity contribution in [3.8, 4) is 11.3 Å². The van der Waals surface area contributed by atoms with E-state index in [-0.39, 0.29) is 0 Å². The van der Waals surface area contributed by atoms with E-state index < -0.39 is 0 Å². The third-order valence-electron chi connectivity index (χ3n) is 3.20. The Morgan fingerprint density at radius 3 is 2.20 bits per heavy atom. The van der Waals surface area contributed by atoms with Gasteiger partial charge in [-0.25, -0.2) is 9.97 Å². The number of nitrogens with one attached hydrogen (secondary N) is 1. The van der Waals surface area contributed by atoms with Crippen molar-refractivity contribution in [2.75, 3.05) is 31.4 Å². The van der Waals surface area contributed by atoms with Gasteiger partial charge in [0.25, 0.3) is 0 Å². The minimum Gasteiger partial charge on any atom is -0.378 e. The van der Waals surface area contributed by atoms with Gasteiger partial charge in [-0.1, -0.05) is 26.0 Å². The average Bonchev–Trinajstić information content (AvgIpc) is 2.46. The molecule has 1 N–H and O–H groups in total. The maximum absolute atomic E-state index is 4.66. The van der Waals surface area contributed by atoms with Crippen molar-refractivity contribution in [3.63, 3.8) is 0 Å². The lowest BCUT2D eigenvalue weighted by molar-refractivity contribution is 0.777. The van der Waals surface area contributed by atoms with Gasteiger partial charge in [0.15, 0.2) is 0 Å². The SMILES string of the molecule is CNc1cc(-c2ccc(N(C)C)cc2)nc(C(C)C)n1. The molecule has 1 aromatic heterocycles. The Balaban J connectivity index is 2.43. The zero-order chi connectivity index (χ0) is 14.7. The maximum Gasteiger partial charge on any atom is 0.133 e. The molecule has 0 aliphatic heterocycles. The van der Waals surface area contributed by atoms with Crippen LogP contribution in [-0.2, 0) is 0 Å². The predicted octanol–water partition coefficient (Wildman–Crippen LogP) is 3.37. The highest BCUT2D eigenvalue weighted by Crippen LogP contribution is 2.24. The summed E-state index contributed by atoms with van der Waals surface area (Å²) in [6.45, 7) is 4.21. The van der Waals surface area contributed by atoms with E-state index in [4.69, 9.17) is 0 Å². The molecule has 2 aromatic rings. The fourth-order valence-corrected chi connectivity index (χ4v) is 1.93. The number of nitrogens with zero attached hydrogens (tertiary/aromatic N) is 3. The Bertz CT molecular complexity index is 574. The Morgan fingerprint density at radius 1 is 1.05 bits per heavy atom. The molecular weight excluding hydrogens is 248 g/mol. The van der Waals surface area contributed by atoms with E-state index in [0.29, 0.717) is 5.92 Å². The fraction of sp³-hybridized carbons (Fsp3) is 0.375. The summed E-state index contributed by atoms with van der Waals surface area (Å²) in [5.74, 6) is 2.03. The van der Waals surface area contributed by atoms with E-state index in [1.165, 1.54) is 5.69 Å². The van der Waals surface area contributed by atoms with Crippen LogP contribution in [0, 0.1) is 0 Å². The lowest BCUT2D eigenvalue weighted by Crippen LogP contribution is -2.08. The number of anilines is 2. The zero-order valence-corrected chi connectivity index (χ0v) is 12.8. The van der Waals surface area contributed by atoms with Crippen LogP contribution in [0.15, 0.2) is 30.3 Å². The smallest absolute Gasteiger partial charge is 0.133 e. The second-order valence-electron chi connectivity index (χ2n) is 5.34. The van der Waals surface area contributed by atoms with Gasteiger partial charge in [0.05, 0.1) is 5.69 Å². The van der Waals surface area contributed by atoms with Crippen LogP contribution < -0.4 is 10.2 Å². The monoisotopic (exact) mass is 270 g/mol. The number of aromatic nitrogens is 2. The first kappa shape index (κ1) is 14.3. The first-order valence-corrected chi connectivity index (χ1v) is 6.85. The average molecular weight is 270 g/mol. The summed E-state index contributed by atoms with van der Waals surface area (Å²) in [4.78, 5) is 11.2. The van der Waals surface area contributed by atoms with Gasteiger partial charge in [-0.3, -0.25) is 0 Å².